The zero-order valence-corrected chi connectivity index (χ0v) is 39.8. The smallest absolute Gasteiger partial charge is 0.373 e. The Morgan fingerprint density at radius 1 is 1.02 bits per heavy atom. The van der Waals surface area contributed by atoms with Gasteiger partial charge < -0.3 is 25.4 Å². The lowest BCUT2D eigenvalue weighted by Gasteiger charge is -2.38. The maximum atomic E-state index is 14.3. The van der Waals surface area contributed by atoms with Crippen molar-refractivity contribution in [2.45, 2.75) is 130 Å². The van der Waals surface area contributed by atoms with Crippen molar-refractivity contribution in [3.8, 4) is 5.75 Å². The van der Waals surface area contributed by atoms with Crippen LogP contribution in [0.1, 0.15) is 127 Å². The molecule has 5 amide bonds. The molecule has 5 atom stereocenters. The summed E-state index contributed by atoms with van der Waals surface area (Å²) in [5.74, 6) is -3.12. The van der Waals surface area contributed by atoms with Crippen molar-refractivity contribution in [3.63, 3.8) is 0 Å². The molecule has 18 heteroatoms. The fourth-order valence-corrected chi connectivity index (χ4v) is 8.01. The topological polar surface area (TPSA) is 230 Å². The molecule has 1 aromatic carbocycles. The standard InChI is InChI=1S/C45H66N6O9S.CO2/c1-12-15-31(22-30-17-18-36(53)33(23-30)47-39(55)16-14-21-51-40(56)19-20-41(51)57)46-42(58)34-26-61-43(48-34)37(60-29(6)52)25-35(27(3)4)50(11)44(59)32(28(5)13-2)24-38(54)45(7,8)49(9)10;2-1-3/h17-20,23,26-28,31-32,35,37,53H,12-16,21-22,24-25H2,1-11H3,(H,46,58)(H,47,55);/t28-,31+,32-,35+,37+;/m0./s1. The van der Waals surface area contributed by atoms with Gasteiger partial charge in [0.05, 0.1) is 11.2 Å². The molecule has 0 saturated carbocycles. The van der Waals surface area contributed by atoms with E-state index < -0.39 is 47.2 Å². The highest BCUT2D eigenvalue weighted by Gasteiger charge is 2.39. The second-order valence-electron chi connectivity index (χ2n) is 17.1. The number of nitrogens with zero attached hydrogens (tertiary/aromatic N) is 4. The summed E-state index contributed by atoms with van der Waals surface area (Å²) in [7, 11) is 5.43. The van der Waals surface area contributed by atoms with Crippen molar-refractivity contribution in [1.29, 1.82) is 0 Å². The van der Waals surface area contributed by atoms with Crippen LogP contribution in [0.25, 0.3) is 0 Å². The Morgan fingerprint density at radius 3 is 2.19 bits per heavy atom. The quantitative estimate of drug-likeness (QED) is 0.0673. The summed E-state index contributed by atoms with van der Waals surface area (Å²) in [5, 5.41) is 18.3. The van der Waals surface area contributed by atoms with E-state index in [2.05, 4.69) is 15.6 Å². The minimum absolute atomic E-state index is 0.0192. The average Bonchev–Trinajstić information content (AvgIpc) is 3.85. The lowest BCUT2D eigenvalue weighted by Crippen LogP contribution is -2.50. The molecule has 0 saturated heterocycles. The Hall–Kier alpha value is -5.58. The fourth-order valence-electron chi connectivity index (χ4n) is 7.17. The molecule has 0 spiro atoms. The Balaban J connectivity index is 0.00000456. The number of phenols is 1. The summed E-state index contributed by atoms with van der Waals surface area (Å²) >= 11 is 1.19. The van der Waals surface area contributed by atoms with Gasteiger partial charge in [-0.2, -0.15) is 9.59 Å². The number of rotatable bonds is 24. The van der Waals surface area contributed by atoms with Crippen molar-refractivity contribution in [3.05, 3.63) is 52.0 Å². The molecule has 0 unspecified atom stereocenters. The average molecular weight is 911 g/mol. The first kappa shape index (κ1) is 54.6. The molecule has 64 heavy (non-hydrogen) atoms. The second-order valence-corrected chi connectivity index (χ2v) is 18.0. The van der Waals surface area contributed by atoms with Crippen LogP contribution in [0.15, 0.2) is 35.7 Å². The van der Waals surface area contributed by atoms with Gasteiger partial charge in [0.2, 0.25) is 11.8 Å². The Bertz CT molecular complexity index is 2000. The number of carbonyl (C=O) groups excluding carboxylic acids is 9. The van der Waals surface area contributed by atoms with E-state index in [1.807, 2.05) is 67.5 Å². The summed E-state index contributed by atoms with van der Waals surface area (Å²) in [6, 6.07) is 4.10. The van der Waals surface area contributed by atoms with Crippen LogP contribution in [0, 0.1) is 17.8 Å². The maximum absolute atomic E-state index is 14.3. The van der Waals surface area contributed by atoms with Crippen LogP contribution in [-0.4, -0.2) is 118 Å². The number of imide groups is 1. The number of hydrogen-bond acceptors (Lipinski definition) is 14. The predicted octanol–water partition coefficient (Wildman–Crippen LogP) is 5.49. The molecule has 1 aromatic heterocycles. The predicted molar refractivity (Wildman–Crippen MR) is 240 cm³/mol. The monoisotopic (exact) mass is 910 g/mol. The number of aromatic nitrogens is 1. The number of anilines is 1. The maximum Gasteiger partial charge on any atom is 0.373 e. The van der Waals surface area contributed by atoms with E-state index in [4.69, 9.17) is 14.3 Å². The third-order valence-electron chi connectivity index (χ3n) is 11.7. The van der Waals surface area contributed by atoms with Gasteiger partial charge >= 0.3 is 12.1 Å². The molecule has 3 rings (SSSR count). The number of carbonyl (C=O) groups is 7. The number of aromatic hydroxyl groups is 1. The van der Waals surface area contributed by atoms with Crippen molar-refractivity contribution < 1.29 is 53.0 Å². The molecule has 0 radical (unpaired) electrons. The number of amides is 5. The van der Waals surface area contributed by atoms with Crippen LogP contribution in [0.3, 0.4) is 0 Å². The number of ketones is 1. The molecule has 2 aromatic rings. The van der Waals surface area contributed by atoms with E-state index in [-0.39, 0.29) is 91.1 Å². The van der Waals surface area contributed by atoms with E-state index in [1.165, 1.54) is 36.5 Å². The normalized spacial score (nSPS) is 14.8. The molecular weight excluding hydrogens is 845 g/mol. The van der Waals surface area contributed by atoms with Crippen LogP contribution in [-0.2, 0) is 49.5 Å². The van der Waals surface area contributed by atoms with Gasteiger partial charge in [0.25, 0.3) is 17.7 Å². The van der Waals surface area contributed by atoms with E-state index in [1.54, 1.807) is 29.5 Å². The Labute approximate surface area is 380 Å². The number of benzene rings is 1. The van der Waals surface area contributed by atoms with Gasteiger partial charge in [-0.3, -0.25) is 43.4 Å². The van der Waals surface area contributed by atoms with E-state index >= 15 is 0 Å². The van der Waals surface area contributed by atoms with Gasteiger partial charge in [-0.05, 0) is 76.7 Å². The van der Waals surface area contributed by atoms with Gasteiger partial charge in [0.15, 0.2) is 11.9 Å². The lowest BCUT2D eigenvalue weighted by molar-refractivity contribution is -0.192. The number of nitrogens with one attached hydrogen (secondary N) is 2. The molecule has 0 fully saturated rings. The Kier molecular flexibility index (Phi) is 21.9. The van der Waals surface area contributed by atoms with Crippen LogP contribution in [0.2, 0.25) is 0 Å². The number of phenolic OH excluding ortho intramolecular Hbond substituents is 1. The van der Waals surface area contributed by atoms with Crippen LogP contribution < -0.4 is 10.6 Å². The minimum atomic E-state index is -0.845. The zero-order valence-electron chi connectivity index (χ0n) is 39.0. The van der Waals surface area contributed by atoms with Gasteiger partial charge in [-0.1, -0.05) is 53.5 Å². The number of esters is 1. The lowest BCUT2D eigenvalue weighted by atomic mass is 9.81. The van der Waals surface area contributed by atoms with Gasteiger partial charge in [0.1, 0.15) is 16.5 Å². The molecule has 0 aliphatic carbocycles. The summed E-state index contributed by atoms with van der Waals surface area (Å²) in [5.41, 5.74) is 0.350. The molecule has 1 aliphatic heterocycles. The first-order valence-electron chi connectivity index (χ1n) is 21.6. The van der Waals surface area contributed by atoms with Crippen molar-refractivity contribution >= 4 is 64.5 Å². The van der Waals surface area contributed by atoms with Crippen LogP contribution in [0.4, 0.5) is 5.69 Å². The highest BCUT2D eigenvalue weighted by atomic mass is 32.1. The molecular formula is C46H66N6O11S. The van der Waals surface area contributed by atoms with Crippen LogP contribution >= 0.6 is 11.3 Å². The van der Waals surface area contributed by atoms with Gasteiger partial charge in [-0.15, -0.1) is 11.3 Å². The highest BCUT2D eigenvalue weighted by Crippen LogP contribution is 2.33. The summed E-state index contributed by atoms with van der Waals surface area (Å²) in [4.78, 5) is 116. The number of thiazole rings is 1. The third-order valence-corrected chi connectivity index (χ3v) is 12.7. The van der Waals surface area contributed by atoms with Crippen molar-refractivity contribution in [2.75, 3.05) is 33.0 Å². The van der Waals surface area contributed by atoms with Crippen LogP contribution in [0.5, 0.6) is 5.75 Å². The number of Topliss-reactive ketones (excluding diaryl/α,β-unsaturated/α-hetero) is 1. The summed E-state index contributed by atoms with van der Waals surface area (Å²) < 4.78 is 5.80. The third kappa shape index (κ3) is 15.9. The fraction of sp³-hybridized carbons (Fsp3) is 0.587. The second kappa shape index (κ2) is 25.6. The van der Waals surface area contributed by atoms with E-state index in [9.17, 15) is 38.7 Å². The number of likely N-dealkylation sites (N-methyl/N-ethyl adjacent to an activating group) is 1. The van der Waals surface area contributed by atoms with Gasteiger partial charge in [0, 0.05) is 75.3 Å². The van der Waals surface area contributed by atoms with Crippen molar-refractivity contribution in [2.24, 2.45) is 17.8 Å². The summed E-state index contributed by atoms with van der Waals surface area (Å²) in [6.45, 7) is 15.1. The first-order valence-corrected chi connectivity index (χ1v) is 22.5. The van der Waals surface area contributed by atoms with Crippen molar-refractivity contribution in [1.82, 2.24) is 25.0 Å². The first-order chi connectivity index (χ1) is 30.0. The zero-order chi connectivity index (χ0) is 48.5. The molecule has 17 nitrogen and oxygen atoms in total. The van der Waals surface area contributed by atoms with E-state index in [0.29, 0.717) is 24.3 Å². The largest absolute Gasteiger partial charge is 0.506 e. The minimum Gasteiger partial charge on any atom is -0.506 e. The van der Waals surface area contributed by atoms with Gasteiger partial charge in [-0.25, -0.2) is 4.98 Å². The molecule has 1 aliphatic rings. The number of ether oxygens (including phenoxy) is 1. The molecule has 3 N–H and O–H groups in total. The molecule has 2 heterocycles. The Morgan fingerprint density at radius 2 is 1.64 bits per heavy atom. The summed E-state index contributed by atoms with van der Waals surface area (Å²) in [6.07, 6.45) is 4.86. The highest BCUT2D eigenvalue weighted by molar-refractivity contribution is 7.09. The number of hydrogen-bond donors (Lipinski definition) is 3. The van der Waals surface area contributed by atoms with E-state index in [0.717, 1.165) is 16.9 Å². The molecule has 0 bridgehead atoms. The SMILES string of the molecule is CCC[C@H](Cc1ccc(O)c(NC(=O)CCCN2C(=O)C=CC2=O)c1)NC(=O)c1csc([C@@H](C[C@H](C(C)C)N(C)C(=O)[C@@H](CC(=O)C(C)(C)N(C)C)[C@@H](C)CC)OC(C)=O)n1.O=C=O. The molecule has 352 valence electrons.